The van der Waals surface area contributed by atoms with Crippen molar-refractivity contribution in [1.29, 1.82) is 0 Å². The van der Waals surface area contributed by atoms with E-state index in [1.807, 2.05) is 21.1 Å². The lowest BCUT2D eigenvalue weighted by Crippen LogP contribution is -2.40. The summed E-state index contributed by atoms with van der Waals surface area (Å²) in [6.45, 7) is 4.82. The highest BCUT2D eigenvalue weighted by Crippen LogP contribution is 2.18. The van der Waals surface area contributed by atoms with Gasteiger partial charge >= 0.3 is 17.9 Å². The first kappa shape index (κ1) is 64.3. The number of ether oxygens (including phenoxy) is 4. The number of likely N-dealkylation sites (N-methyl/N-ethyl adjacent to an activating group) is 1. The van der Waals surface area contributed by atoms with Crippen LogP contribution in [0.3, 0.4) is 0 Å². The summed E-state index contributed by atoms with van der Waals surface area (Å²) in [5, 5.41) is 9.61. The number of hydrogen-bond acceptors (Lipinski definition) is 7. The molecule has 0 aliphatic carbocycles. The second kappa shape index (κ2) is 49.7. The van der Waals surface area contributed by atoms with Gasteiger partial charge in [0.25, 0.3) is 6.29 Å². The summed E-state index contributed by atoms with van der Waals surface area (Å²) in [7, 11) is 5.96. The van der Waals surface area contributed by atoms with Gasteiger partial charge in [-0.25, -0.2) is 4.79 Å². The molecule has 0 aliphatic heterocycles. The number of unbranched alkanes of at least 4 members (excludes halogenated alkanes) is 39. The molecule has 2 atom stereocenters. The number of carboxylic acid groups (broad SMARTS) is 1. The third-order valence-electron chi connectivity index (χ3n) is 13.1. The third kappa shape index (κ3) is 50.2. The van der Waals surface area contributed by atoms with Gasteiger partial charge in [-0.15, -0.1) is 0 Å². The topological polar surface area (TPSA) is 108 Å². The first-order valence-corrected chi connectivity index (χ1v) is 28.7. The molecule has 66 heavy (non-hydrogen) atoms. The lowest BCUT2D eigenvalue weighted by atomic mass is 10.0. The number of carbonyl (C=O) groups excluding carboxylic acids is 2. The largest absolute Gasteiger partial charge is 0.477 e. The van der Waals surface area contributed by atoms with Crippen LogP contribution in [0, 0.1) is 0 Å². The molecule has 0 aromatic carbocycles. The van der Waals surface area contributed by atoms with Crippen LogP contribution in [-0.4, -0.2) is 87.4 Å². The monoisotopic (exact) mass is 939 g/mol. The molecular formula is C57H112NO8+. The van der Waals surface area contributed by atoms with Crippen molar-refractivity contribution >= 4 is 17.9 Å². The van der Waals surface area contributed by atoms with Gasteiger partial charge in [0, 0.05) is 12.8 Å². The van der Waals surface area contributed by atoms with E-state index in [-0.39, 0.29) is 32.2 Å². The Bertz CT molecular complexity index is 1050. The molecule has 0 aromatic heterocycles. The van der Waals surface area contributed by atoms with E-state index in [1.165, 1.54) is 212 Å². The van der Waals surface area contributed by atoms with Crippen molar-refractivity contribution in [1.82, 2.24) is 0 Å². The molecule has 0 heterocycles. The summed E-state index contributed by atoms with van der Waals surface area (Å²) in [5.74, 6) is -2.00. The Hall–Kier alpha value is -1.71. The average Bonchev–Trinajstić information content (AvgIpc) is 3.28. The number of carbonyl (C=O) groups is 3. The minimum absolute atomic E-state index is 0.176. The van der Waals surface area contributed by atoms with E-state index in [2.05, 4.69) is 13.8 Å². The molecule has 0 saturated carbocycles. The number of rotatable bonds is 54. The third-order valence-corrected chi connectivity index (χ3v) is 13.1. The van der Waals surface area contributed by atoms with Crippen molar-refractivity contribution in [2.45, 2.75) is 302 Å². The van der Waals surface area contributed by atoms with Crippen molar-refractivity contribution in [2.75, 3.05) is 47.5 Å². The van der Waals surface area contributed by atoms with Crippen molar-refractivity contribution in [3.8, 4) is 0 Å². The summed E-state index contributed by atoms with van der Waals surface area (Å²) in [6.07, 6.45) is 52.8. The molecule has 0 radical (unpaired) electrons. The lowest BCUT2D eigenvalue weighted by Gasteiger charge is -2.25. The number of esters is 2. The Morgan fingerprint density at radius 3 is 0.970 bits per heavy atom. The molecule has 0 spiro atoms. The van der Waals surface area contributed by atoms with Crippen LogP contribution in [0.15, 0.2) is 0 Å². The molecular weight excluding hydrogens is 827 g/mol. The number of aliphatic carboxylic acids is 1. The predicted octanol–water partition coefficient (Wildman–Crippen LogP) is 16.4. The van der Waals surface area contributed by atoms with Gasteiger partial charge < -0.3 is 28.5 Å². The number of hydrogen-bond donors (Lipinski definition) is 1. The van der Waals surface area contributed by atoms with Gasteiger partial charge in [-0.05, 0) is 12.8 Å². The van der Waals surface area contributed by atoms with Crippen molar-refractivity contribution < 1.29 is 42.9 Å². The van der Waals surface area contributed by atoms with Gasteiger partial charge in [0.2, 0.25) is 0 Å². The molecule has 0 amide bonds. The average molecular weight is 940 g/mol. The van der Waals surface area contributed by atoms with E-state index in [9.17, 15) is 19.5 Å². The fraction of sp³-hybridized carbons (Fsp3) is 0.947. The van der Waals surface area contributed by atoms with E-state index in [0.29, 0.717) is 17.4 Å². The van der Waals surface area contributed by atoms with Crippen LogP contribution >= 0.6 is 0 Å². The SMILES string of the molecule is CCCCCCCCCCCCCCCCCCCCCCCCCCCCCCCCCCCCCCC(=O)OC(COC(=O)CCCCCCC)COC(OCC[N+](C)(C)C)C(=O)O. The Labute approximate surface area is 409 Å². The van der Waals surface area contributed by atoms with Crippen LogP contribution in [0.2, 0.25) is 0 Å². The molecule has 0 fully saturated rings. The quantitative estimate of drug-likeness (QED) is 0.0278. The molecule has 0 saturated heterocycles. The molecule has 0 bridgehead atoms. The fourth-order valence-electron chi connectivity index (χ4n) is 8.66. The van der Waals surface area contributed by atoms with Gasteiger partial charge in [0.15, 0.2) is 6.10 Å². The molecule has 0 rings (SSSR count). The van der Waals surface area contributed by atoms with Crippen LogP contribution in [-0.2, 0) is 33.3 Å². The Morgan fingerprint density at radius 1 is 0.394 bits per heavy atom. The smallest absolute Gasteiger partial charge is 0.361 e. The van der Waals surface area contributed by atoms with E-state index < -0.39 is 24.3 Å². The van der Waals surface area contributed by atoms with Gasteiger partial charge in [-0.1, -0.05) is 264 Å². The van der Waals surface area contributed by atoms with Gasteiger partial charge in [0.1, 0.15) is 13.2 Å². The Kier molecular flexibility index (Phi) is 48.4. The molecule has 1 N–H and O–H groups in total. The second-order valence-corrected chi connectivity index (χ2v) is 21.0. The summed E-state index contributed by atoms with van der Waals surface area (Å²) in [4.78, 5) is 36.9. The van der Waals surface area contributed by atoms with E-state index in [0.717, 1.165) is 51.4 Å². The van der Waals surface area contributed by atoms with Crippen LogP contribution in [0.4, 0.5) is 0 Å². The highest BCUT2D eigenvalue weighted by Gasteiger charge is 2.25. The number of quaternary nitrogens is 1. The van der Waals surface area contributed by atoms with Crippen LogP contribution in [0.5, 0.6) is 0 Å². The molecule has 0 aromatic rings. The molecule has 0 aliphatic rings. The Morgan fingerprint density at radius 2 is 0.682 bits per heavy atom. The van der Waals surface area contributed by atoms with Crippen LogP contribution in [0.25, 0.3) is 0 Å². The first-order chi connectivity index (χ1) is 32.1. The second-order valence-electron chi connectivity index (χ2n) is 21.0. The van der Waals surface area contributed by atoms with Gasteiger partial charge in [-0.3, -0.25) is 9.59 Å². The maximum atomic E-state index is 12.7. The highest BCUT2D eigenvalue weighted by atomic mass is 16.7. The zero-order chi connectivity index (χ0) is 48.4. The zero-order valence-electron chi connectivity index (χ0n) is 44.6. The van der Waals surface area contributed by atoms with E-state index >= 15 is 0 Å². The Balaban J connectivity index is 3.76. The minimum Gasteiger partial charge on any atom is -0.477 e. The van der Waals surface area contributed by atoms with Gasteiger partial charge in [0.05, 0.1) is 34.4 Å². The molecule has 392 valence electrons. The highest BCUT2D eigenvalue weighted by molar-refractivity contribution is 5.71. The fourth-order valence-corrected chi connectivity index (χ4v) is 8.66. The lowest BCUT2D eigenvalue weighted by molar-refractivity contribution is -0.870. The predicted molar refractivity (Wildman–Crippen MR) is 277 cm³/mol. The number of carboxylic acids is 1. The van der Waals surface area contributed by atoms with Crippen molar-refractivity contribution in [2.24, 2.45) is 0 Å². The number of nitrogens with zero attached hydrogens (tertiary/aromatic N) is 1. The molecule has 9 nitrogen and oxygen atoms in total. The normalized spacial score (nSPS) is 12.7. The summed E-state index contributed by atoms with van der Waals surface area (Å²) in [6, 6.07) is 0. The van der Waals surface area contributed by atoms with E-state index in [1.54, 1.807) is 0 Å². The van der Waals surface area contributed by atoms with Crippen molar-refractivity contribution in [3.63, 3.8) is 0 Å². The summed E-state index contributed by atoms with van der Waals surface area (Å²) in [5.41, 5.74) is 0. The van der Waals surface area contributed by atoms with Crippen LogP contribution < -0.4 is 0 Å². The standard InChI is InChI=1S/C57H111NO8/c1-6-8-10-12-13-14-15-16-17-18-19-20-21-22-23-24-25-26-27-28-29-30-31-32-33-34-35-36-37-38-39-40-41-42-44-46-48-55(60)66-53(51-64-54(59)47-45-43-11-9-7-2)52-65-57(56(61)62)63-50-49-58(3,4)5/h53,57H,6-52H2,1-5H3/p+1. The van der Waals surface area contributed by atoms with Crippen LogP contribution in [0.1, 0.15) is 290 Å². The van der Waals surface area contributed by atoms with E-state index in [4.69, 9.17) is 18.9 Å². The minimum atomic E-state index is -1.50. The first-order valence-electron chi connectivity index (χ1n) is 28.7. The maximum Gasteiger partial charge on any atom is 0.361 e. The molecule has 9 heteroatoms. The molecule has 2 unspecified atom stereocenters. The van der Waals surface area contributed by atoms with Crippen molar-refractivity contribution in [3.05, 3.63) is 0 Å². The maximum absolute atomic E-state index is 12.7. The zero-order valence-corrected chi connectivity index (χ0v) is 44.6. The summed E-state index contributed by atoms with van der Waals surface area (Å²) < 4.78 is 22.6. The summed E-state index contributed by atoms with van der Waals surface area (Å²) >= 11 is 0. The van der Waals surface area contributed by atoms with Gasteiger partial charge in [-0.2, -0.15) is 0 Å².